The van der Waals surface area contributed by atoms with Crippen LogP contribution in [0.25, 0.3) is 0 Å². The van der Waals surface area contributed by atoms with Crippen molar-refractivity contribution >= 4 is 23.1 Å². The molecule has 0 fully saturated rings. The maximum absolute atomic E-state index is 12.7. The molecule has 1 heterocycles. The first kappa shape index (κ1) is 34.4. The number of methoxy groups -OCH3 is 1. The van der Waals surface area contributed by atoms with Crippen molar-refractivity contribution in [3.63, 3.8) is 0 Å². The molecule has 0 atom stereocenters. The summed E-state index contributed by atoms with van der Waals surface area (Å²) in [5.74, 6) is 1.17. The van der Waals surface area contributed by atoms with E-state index >= 15 is 0 Å². The highest BCUT2D eigenvalue weighted by molar-refractivity contribution is 5.97. The fraction of sp³-hybridized carbons (Fsp3) is 0.452. The average Bonchev–Trinajstić information content (AvgIpc) is 2.93. The number of aromatic nitrogens is 1. The maximum Gasteiger partial charge on any atom is 0.256 e. The molecule has 0 unspecified atom stereocenters. The van der Waals surface area contributed by atoms with E-state index in [0.29, 0.717) is 22.7 Å². The van der Waals surface area contributed by atoms with Gasteiger partial charge >= 0.3 is 0 Å². The van der Waals surface area contributed by atoms with E-state index in [-0.39, 0.29) is 5.91 Å². The van der Waals surface area contributed by atoms with E-state index in [4.69, 9.17) is 4.74 Å². The average molecular weight is 524 g/mol. The minimum atomic E-state index is -0.226. The fourth-order valence-electron chi connectivity index (χ4n) is 3.45. The highest BCUT2D eigenvalue weighted by atomic mass is 16.5. The number of amidine groups is 1. The zero-order chi connectivity index (χ0) is 29.1. The summed E-state index contributed by atoms with van der Waals surface area (Å²) < 4.78 is 5.63. The van der Waals surface area contributed by atoms with Gasteiger partial charge in [-0.25, -0.2) is 4.99 Å². The largest absolute Gasteiger partial charge is 0.494 e. The Balaban J connectivity index is 0.00000326. The van der Waals surface area contributed by atoms with Gasteiger partial charge < -0.3 is 20.3 Å². The number of aryl methyl sites for hydroxylation is 1. The van der Waals surface area contributed by atoms with Crippen LogP contribution in [0.2, 0.25) is 0 Å². The Hall–Kier alpha value is -3.61. The van der Waals surface area contributed by atoms with Crippen LogP contribution in [-0.2, 0) is 0 Å². The number of hydrogen-bond acceptors (Lipinski definition) is 5. The van der Waals surface area contributed by atoms with Crippen molar-refractivity contribution in [1.29, 1.82) is 0 Å². The minimum absolute atomic E-state index is 0.226. The first-order valence-corrected chi connectivity index (χ1v) is 13.6. The quantitative estimate of drug-likeness (QED) is 0.179. The van der Waals surface area contributed by atoms with E-state index < -0.39 is 0 Å². The Morgan fingerprint density at radius 2 is 1.74 bits per heavy atom. The van der Waals surface area contributed by atoms with E-state index in [0.717, 1.165) is 48.6 Å². The van der Waals surface area contributed by atoms with Crippen LogP contribution in [-0.4, -0.2) is 36.9 Å². The highest BCUT2D eigenvalue weighted by Gasteiger charge is 2.12. The van der Waals surface area contributed by atoms with Crippen molar-refractivity contribution < 1.29 is 9.53 Å². The minimum Gasteiger partial charge on any atom is -0.494 e. The Labute approximate surface area is 231 Å². The Bertz CT molecular complexity index is 1050. The van der Waals surface area contributed by atoms with Crippen molar-refractivity contribution in [3.8, 4) is 5.75 Å². The van der Waals surface area contributed by atoms with Crippen molar-refractivity contribution in [2.45, 2.75) is 75.2 Å². The molecule has 0 spiro atoms. The lowest BCUT2D eigenvalue weighted by Crippen LogP contribution is -2.24. The number of aliphatic imine (C=N–C) groups is 1. The summed E-state index contributed by atoms with van der Waals surface area (Å²) in [5.41, 5.74) is 4.56. The smallest absolute Gasteiger partial charge is 0.256 e. The number of anilines is 2. The third-order valence-electron chi connectivity index (χ3n) is 5.21. The van der Waals surface area contributed by atoms with Crippen LogP contribution in [0.15, 0.2) is 65.7 Å². The number of hydrogen-bond donors (Lipinski definition) is 2. The number of rotatable bonds is 11. The Kier molecular flexibility index (Phi) is 17.6. The summed E-state index contributed by atoms with van der Waals surface area (Å²) in [6, 6.07) is 7.83. The van der Waals surface area contributed by atoms with Gasteiger partial charge in [-0.1, -0.05) is 48.1 Å². The van der Waals surface area contributed by atoms with Gasteiger partial charge in [-0.15, -0.1) is 0 Å². The summed E-state index contributed by atoms with van der Waals surface area (Å²) in [6.07, 6.45) is 7.03. The van der Waals surface area contributed by atoms with Gasteiger partial charge in [0.1, 0.15) is 11.6 Å². The van der Waals surface area contributed by atoms with Crippen LogP contribution in [0.4, 0.5) is 11.4 Å². The van der Waals surface area contributed by atoms with Crippen LogP contribution >= 0.6 is 0 Å². The zero-order valence-corrected chi connectivity index (χ0v) is 25.2. The van der Waals surface area contributed by atoms with Crippen LogP contribution in [0.3, 0.4) is 0 Å². The van der Waals surface area contributed by atoms with Gasteiger partial charge in [0, 0.05) is 42.8 Å². The zero-order valence-electron chi connectivity index (χ0n) is 25.2. The molecule has 210 valence electrons. The summed E-state index contributed by atoms with van der Waals surface area (Å²) in [4.78, 5) is 23.6. The number of carbonyl (C=O) groups is 1. The van der Waals surface area contributed by atoms with E-state index in [1.807, 2.05) is 60.6 Å². The molecule has 0 saturated heterocycles. The SMILES string of the molecule is C=C(C)/C(=C\N=C(C)Nc1ccc(N(CCC)CCC)cc1OC)NC(=O)c1ccncc1C.CC.CC. The van der Waals surface area contributed by atoms with Crippen molar-refractivity contribution in [2.75, 3.05) is 30.4 Å². The molecule has 0 radical (unpaired) electrons. The lowest BCUT2D eigenvalue weighted by atomic mass is 10.1. The molecule has 1 aromatic heterocycles. The van der Waals surface area contributed by atoms with Gasteiger partial charge in [-0.3, -0.25) is 9.78 Å². The van der Waals surface area contributed by atoms with E-state index in [1.165, 1.54) is 0 Å². The molecule has 1 aromatic carbocycles. The second-order valence-electron chi connectivity index (χ2n) is 8.18. The molecular weight excluding hydrogens is 474 g/mol. The lowest BCUT2D eigenvalue weighted by molar-refractivity contribution is 0.0965. The number of ether oxygens (including phenoxy) is 1. The van der Waals surface area contributed by atoms with E-state index in [9.17, 15) is 4.79 Å². The second-order valence-corrected chi connectivity index (χ2v) is 8.18. The summed E-state index contributed by atoms with van der Waals surface area (Å²) in [7, 11) is 1.66. The molecular formula is C31H49N5O2. The number of benzene rings is 1. The highest BCUT2D eigenvalue weighted by Crippen LogP contribution is 2.30. The molecule has 2 N–H and O–H groups in total. The molecule has 0 saturated carbocycles. The molecule has 38 heavy (non-hydrogen) atoms. The molecule has 0 aliphatic heterocycles. The monoisotopic (exact) mass is 523 g/mol. The molecule has 7 nitrogen and oxygen atoms in total. The number of pyridine rings is 1. The van der Waals surface area contributed by atoms with Crippen LogP contribution < -0.4 is 20.3 Å². The Morgan fingerprint density at radius 1 is 1.11 bits per heavy atom. The van der Waals surface area contributed by atoms with E-state index in [1.54, 1.807) is 31.8 Å². The van der Waals surface area contributed by atoms with E-state index in [2.05, 4.69) is 52.0 Å². The standard InChI is InChI=1S/C27H37N5O2.2C2H6/c1-8-14-32(15-9-2)22-10-11-24(26(16-22)34-7)30-21(6)29-18-25(19(3)4)31-27(33)23-12-13-28-17-20(23)5;2*1-2/h10-13,16-18H,3,8-9,14-15H2,1-2,4-7H3,(H,29,30)(H,31,33);2*1-2H3/b25-18+;;. The number of amides is 1. The molecule has 7 heteroatoms. The van der Waals surface area contributed by atoms with Crippen LogP contribution in [0.1, 0.15) is 84.2 Å². The van der Waals surface area contributed by atoms with Crippen LogP contribution in [0, 0.1) is 6.92 Å². The van der Waals surface area contributed by atoms with Gasteiger partial charge in [0.15, 0.2) is 0 Å². The topological polar surface area (TPSA) is 78.9 Å². The predicted octanol–water partition coefficient (Wildman–Crippen LogP) is 7.76. The van der Waals surface area contributed by atoms with Crippen molar-refractivity contribution in [3.05, 3.63) is 71.8 Å². The first-order valence-electron chi connectivity index (χ1n) is 13.6. The van der Waals surface area contributed by atoms with Crippen molar-refractivity contribution in [2.24, 2.45) is 4.99 Å². The van der Waals surface area contributed by atoms with Gasteiger partial charge in [-0.2, -0.15) is 0 Å². The third kappa shape index (κ3) is 11.2. The Morgan fingerprint density at radius 3 is 2.26 bits per heavy atom. The summed E-state index contributed by atoms with van der Waals surface area (Å²) in [6.45, 7) is 23.9. The molecule has 2 aromatic rings. The molecule has 0 bridgehead atoms. The maximum atomic E-state index is 12.7. The number of nitrogens with one attached hydrogen (secondary N) is 2. The van der Waals surface area contributed by atoms with Gasteiger partial charge in [0.2, 0.25) is 0 Å². The fourth-order valence-corrected chi connectivity index (χ4v) is 3.45. The molecule has 0 aliphatic rings. The lowest BCUT2D eigenvalue weighted by Gasteiger charge is -2.25. The third-order valence-corrected chi connectivity index (χ3v) is 5.21. The second kappa shape index (κ2) is 19.5. The molecule has 2 rings (SSSR count). The van der Waals surface area contributed by atoms with Crippen LogP contribution in [0.5, 0.6) is 5.75 Å². The summed E-state index contributed by atoms with van der Waals surface area (Å²) >= 11 is 0. The number of allylic oxidation sites excluding steroid dienone is 1. The summed E-state index contributed by atoms with van der Waals surface area (Å²) in [5, 5.41) is 6.18. The van der Waals surface area contributed by atoms with Gasteiger partial charge in [0.05, 0.1) is 24.7 Å². The van der Waals surface area contributed by atoms with Gasteiger partial charge in [0.25, 0.3) is 5.91 Å². The number of nitrogens with zero attached hydrogens (tertiary/aromatic N) is 3. The first-order chi connectivity index (χ1) is 18.3. The normalized spacial score (nSPS) is 10.8. The predicted molar refractivity (Wildman–Crippen MR) is 165 cm³/mol. The van der Waals surface area contributed by atoms with Gasteiger partial charge in [-0.05, 0) is 62.9 Å². The molecule has 1 amide bonds. The molecule has 0 aliphatic carbocycles. The number of carbonyl (C=O) groups excluding carboxylic acids is 1. The van der Waals surface area contributed by atoms with Crippen molar-refractivity contribution in [1.82, 2.24) is 10.3 Å².